The Hall–Kier alpha value is -1.46. The molecule has 0 aromatic rings. The summed E-state index contributed by atoms with van der Waals surface area (Å²) in [6.45, 7) is 1.87. The van der Waals surface area contributed by atoms with Gasteiger partial charge in [-0.15, -0.1) is 0 Å². The van der Waals surface area contributed by atoms with Crippen LogP contribution in [0.4, 0.5) is 0 Å². The molecule has 2 saturated carbocycles. The summed E-state index contributed by atoms with van der Waals surface area (Å²) >= 11 is 0. The van der Waals surface area contributed by atoms with Gasteiger partial charge in [-0.25, -0.2) is 0 Å². The molecule has 4 aliphatic carbocycles. The summed E-state index contributed by atoms with van der Waals surface area (Å²) in [7, 11) is 0. The van der Waals surface area contributed by atoms with Crippen molar-refractivity contribution in [2.45, 2.75) is 25.5 Å². The number of carboxylic acid groups (broad SMARTS) is 1. The number of nitrogens with two attached hydrogens (primary N) is 1. The zero-order valence-electron chi connectivity index (χ0n) is 12.4. The van der Waals surface area contributed by atoms with Gasteiger partial charge in [-0.1, -0.05) is 31.2 Å². The van der Waals surface area contributed by atoms with Crippen molar-refractivity contribution in [2.24, 2.45) is 46.7 Å². The fourth-order valence-electron chi connectivity index (χ4n) is 5.71. The molecule has 5 nitrogen and oxygen atoms in total. The molecule has 0 radical (unpaired) electrons. The van der Waals surface area contributed by atoms with Crippen LogP contribution in [-0.2, 0) is 9.59 Å². The van der Waals surface area contributed by atoms with Crippen molar-refractivity contribution in [1.29, 1.82) is 0 Å². The molecule has 0 spiro atoms. The molecule has 0 amide bonds. The predicted molar refractivity (Wildman–Crippen MR) is 78.6 cm³/mol. The number of carboxylic acids is 1. The van der Waals surface area contributed by atoms with E-state index in [0.29, 0.717) is 0 Å². The summed E-state index contributed by atoms with van der Waals surface area (Å²) in [6.07, 6.45) is 7.61. The van der Waals surface area contributed by atoms with Crippen molar-refractivity contribution in [3.8, 4) is 0 Å². The smallest absolute Gasteiger partial charge is 0.319 e. The molecule has 0 aromatic carbocycles. The normalized spacial score (nSPS) is 55.1. The summed E-state index contributed by atoms with van der Waals surface area (Å²) in [6, 6.07) is -0.877. The minimum absolute atomic E-state index is 0.0581. The lowest BCUT2D eigenvalue weighted by Crippen LogP contribution is -2.69. The molecule has 2 fully saturated rings. The van der Waals surface area contributed by atoms with Crippen LogP contribution in [0.2, 0.25) is 0 Å². The minimum atomic E-state index is -1.69. The first-order valence-electron chi connectivity index (χ1n) is 7.98. The van der Waals surface area contributed by atoms with Crippen LogP contribution in [0.25, 0.3) is 0 Å². The molecule has 5 heteroatoms. The number of carbonyl (C=O) groups is 2. The number of rotatable bonds is 1. The second-order valence-electron chi connectivity index (χ2n) is 7.38. The van der Waals surface area contributed by atoms with E-state index in [1.54, 1.807) is 6.08 Å². The number of fused-ring (bicyclic) bond motifs is 6. The molecule has 0 aromatic heterocycles. The molecule has 0 heterocycles. The molecule has 9 atom stereocenters. The number of aliphatic hydroxyl groups excluding tert-OH is 1. The highest BCUT2D eigenvalue weighted by molar-refractivity contribution is 6.07. The standard InChI is InChI=1S/C17H21NO4/c1-7-2-5-10(18)17(16(21)22)13(7)14(19)11-8-3-4-9(6-8)12(11)15(17)20/h2-5,7-14,19H,6,18H2,1H3,(H,21,22)/t7-,8+,9-,10+,11?,12?,13-,14?,17-/m0/s1. The summed E-state index contributed by atoms with van der Waals surface area (Å²) in [5.74, 6) is -2.58. The van der Waals surface area contributed by atoms with Gasteiger partial charge in [0.1, 0.15) is 0 Å². The van der Waals surface area contributed by atoms with Crippen LogP contribution in [0.15, 0.2) is 24.3 Å². The van der Waals surface area contributed by atoms with Gasteiger partial charge in [-0.2, -0.15) is 0 Å². The predicted octanol–water partition coefficient (Wildman–Crippen LogP) is 0.589. The maximum atomic E-state index is 13.3. The van der Waals surface area contributed by atoms with Gasteiger partial charge in [0, 0.05) is 23.8 Å². The van der Waals surface area contributed by atoms with E-state index in [2.05, 4.69) is 6.08 Å². The monoisotopic (exact) mass is 303 g/mol. The third-order valence-corrected chi connectivity index (χ3v) is 6.59. The van der Waals surface area contributed by atoms with Crippen LogP contribution in [-0.4, -0.2) is 34.1 Å². The largest absolute Gasteiger partial charge is 0.480 e. The van der Waals surface area contributed by atoms with E-state index in [4.69, 9.17) is 5.73 Å². The van der Waals surface area contributed by atoms with E-state index in [-0.39, 0.29) is 29.5 Å². The number of Topliss-reactive ketones (excluding diaryl/α,β-unsaturated/α-hetero) is 1. The third kappa shape index (κ3) is 1.37. The maximum Gasteiger partial charge on any atom is 0.319 e. The third-order valence-electron chi connectivity index (χ3n) is 6.59. The van der Waals surface area contributed by atoms with Crippen molar-refractivity contribution < 1.29 is 19.8 Å². The van der Waals surface area contributed by atoms with Crippen LogP contribution in [0.5, 0.6) is 0 Å². The van der Waals surface area contributed by atoms with E-state index < -0.39 is 35.4 Å². The fourth-order valence-corrected chi connectivity index (χ4v) is 5.71. The number of hydrogen-bond donors (Lipinski definition) is 3. The van der Waals surface area contributed by atoms with Gasteiger partial charge in [0.05, 0.1) is 6.10 Å². The summed E-state index contributed by atoms with van der Waals surface area (Å²) in [5, 5.41) is 20.9. The Kier molecular flexibility index (Phi) is 2.76. The van der Waals surface area contributed by atoms with Crippen molar-refractivity contribution in [3.63, 3.8) is 0 Å². The number of allylic oxidation sites excluding steroid dienone is 3. The Morgan fingerprint density at radius 1 is 1.27 bits per heavy atom. The van der Waals surface area contributed by atoms with Crippen LogP contribution in [0.1, 0.15) is 13.3 Å². The highest BCUT2D eigenvalue weighted by Crippen LogP contribution is 2.61. The van der Waals surface area contributed by atoms with E-state index in [9.17, 15) is 19.8 Å². The van der Waals surface area contributed by atoms with E-state index >= 15 is 0 Å². The molecule has 0 saturated heterocycles. The lowest BCUT2D eigenvalue weighted by Gasteiger charge is -2.54. The SMILES string of the molecule is C[C@H]1C=C[C@@H](N)[C@@]2(C(=O)O)C(=O)C3C(C(O)[C@H]12)[C@@H]1C=C[C@H]3C1. The van der Waals surface area contributed by atoms with Gasteiger partial charge in [0.25, 0.3) is 0 Å². The second-order valence-corrected chi connectivity index (χ2v) is 7.38. The summed E-state index contributed by atoms with van der Waals surface area (Å²) in [4.78, 5) is 25.4. The number of aliphatic hydroxyl groups is 1. The Morgan fingerprint density at radius 3 is 2.64 bits per heavy atom. The van der Waals surface area contributed by atoms with Crippen LogP contribution in [0.3, 0.4) is 0 Å². The van der Waals surface area contributed by atoms with Crippen LogP contribution in [0, 0.1) is 40.9 Å². The molecular weight excluding hydrogens is 282 g/mol. The molecule has 4 rings (SSSR count). The Morgan fingerprint density at radius 2 is 1.95 bits per heavy atom. The highest BCUT2D eigenvalue weighted by atomic mass is 16.4. The number of hydrogen-bond acceptors (Lipinski definition) is 4. The Balaban J connectivity index is 1.91. The van der Waals surface area contributed by atoms with Gasteiger partial charge in [-0.3, -0.25) is 9.59 Å². The molecule has 22 heavy (non-hydrogen) atoms. The Bertz CT molecular complexity index is 612. The van der Waals surface area contributed by atoms with Gasteiger partial charge >= 0.3 is 5.97 Å². The first kappa shape index (κ1) is 14.2. The first-order valence-corrected chi connectivity index (χ1v) is 7.98. The number of ketones is 1. The molecule has 4 aliphatic rings. The number of aliphatic carboxylic acids is 1. The Labute approximate surface area is 128 Å². The molecule has 3 unspecified atom stereocenters. The van der Waals surface area contributed by atoms with Gasteiger partial charge in [0.2, 0.25) is 0 Å². The molecule has 2 bridgehead atoms. The van der Waals surface area contributed by atoms with Crippen molar-refractivity contribution in [3.05, 3.63) is 24.3 Å². The maximum absolute atomic E-state index is 13.3. The van der Waals surface area contributed by atoms with E-state index in [1.165, 1.54) is 0 Å². The molecular formula is C17H21NO4. The molecule has 0 aliphatic heterocycles. The second kappa shape index (κ2) is 4.30. The first-order chi connectivity index (χ1) is 10.4. The van der Waals surface area contributed by atoms with E-state index in [1.807, 2.05) is 19.1 Å². The lowest BCUT2D eigenvalue weighted by molar-refractivity contribution is -0.182. The van der Waals surface area contributed by atoms with Crippen molar-refractivity contribution in [2.75, 3.05) is 0 Å². The highest BCUT2D eigenvalue weighted by Gasteiger charge is 2.70. The van der Waals surface area contributed by atoms with Gasteiger partial charge in [0.15, 0.2) is 11.2 Å². The lowest BCUT2D eigenvalue weighted by atomic mass is 9.48. The average Bonchev–Trinajstić information content (AvgIpc) is 3.07. The number of carbonyl (C=O) groups excluding carboxylic acids is 1. The topological polar surface area (TPSA) is 101 Å². The zero-order valence-corrected chi connectivity index (χ0v) is 12.4. The van der Waals surface area contributed by atoms with Crippen LogP contribution < -0.4 is 5.73 Å². The quantitative estimate of drug-likeness (QED) is 0.486. The fraction of sp³-hybridized carbons (Fsp3) is 0.647. The average molecular weight is 303 g/mol. The van der Waals surface area contributed by atoms with E-state index in [0.717, 1.165) is 6.42 Å². The minimum Gasteiger partial charge on any atom is -0.480 e. The van der Waals surface area contributed by atoms with Crippen LogP contribution >= 0.6 is 0 Å². The molecule has 4 N–H and O–H groups in total. The molecule has 118 valence electrons. The van der Waals surface area contributed by atoms with Gasteiger partial charge < -0.3 is 15.9 Å². The summed E-state index contributed by atoms with van der Waals surface area (Å²) in [5.41, 5.74) is 4.42. The summed E-state index contributed by atoms with van der Waals surface area (Å²) < 4.78 is 0. The van der Waals surface area contributed by atoms with Crippen molar-refractivity contribution in [1.82, 2.24) is 0 Å². The van der Waals surface area contributed by atoms with Gasteiger partial charge in [-0.05, 0) is 24.2 Å². The zero-order chi connectivity index (χ0) is 15.8. The van der Waals surface area contributed by atoms with Crippen molar-refractivity contribution >= 4 is 11.8 Å².